The lowest BCUT2D eigenvalue weighted by Crippen LogP contribution is -2.35. The highest BCUT2D eigenvalue weighted by Gasteiger charge is 2.27. The van der Waals surface area contributed by atoms with E-state index in [1.165, 1.54) is 34.8 Å². The molecule has 2 N–H and O–H groups in total. The summed E-state index contributed by atoms with van der Waals surface area (Å²) in [5.74, 6) is -0.948. The number of carbonyl (C=O) groups is 2. The molecule has 0 radical (unpaired) electrons. The molecule has 3 rings (SSSR count). The normalized spacial score (nSPS) is 14.8. The summed E-state index contributed by atoms with van der Waals surface area (Å²) >= 11 is 0. The summed E-state index contributed by atoms with van der Waals surface area (Å²) in [7, 11) is -3.52. The lowest BCUT2D eigenvalue weighted by atomic mass is 10.2. The first kappa shape index (κ1) is 20.7. The van der Waals surface area contributed by atoms with E-state index in [0.29, 0.717) is 13.1 Å². The summed E-state index contributed by atoms with van der Waals surface area (Å²) in [4.78, 5) is 24.1. The van der Waals surface area contributed by atoms with E-state index in [9.17, 15) is 18.0 Å². The number of sulfonamides is 1. The number of amides is 2. The van der Waals surface area contributed by atoms with Gasteiger partial charge in [-0.1, -0.05) is 30.3 Å². The molecule has 0 aromatic heterocycles. The number of benzene rings is 2. The van der Waals surface area contributed by atoms with Crippen molar-refractivity contribution in [2.45, 2.75) is 17.7 Å². The van der Waals surface area contributed by atoms with Crippen LogP contribution >= 0.6 is 0 Å². The summed E-state index contributed by atoms with van der Waals surface area (Å²) in [6.07, 6.45) is 3.22. The molecule has 1 fully saturated rings. The zero-order valence-corrected chi connectivity index (χ0v) is 16.6. The van der Waals surface area contributed by atoms with Crippen molar-refractivity contribution in [3.8, 4) is 0 Å². The van der Waals surface area contributed by atoms with Gasteiger partial charge in [-0.3, -0.25) is 9.59 Å². The molecule has 8 nitrogen and oxygen atoms in total. The Morgan fingerprint density at radius 1 is 1.00 bits per heavy atom. The molecule has 1 aliphatic rings. The molecule has 0 unspecified atom stereocenters. The number of hydrazone groups is 1. The molecule has 2 aromatic carbocycles. The van der Waals surface area contributed by atoms with Gasteiger partial charge in [0.15, 0.2) is 0 Å². The minimum atomic E-state index is -3.52. The van der Waals surface area contributed by atoms with Gasteiger partial charge >= 0.3 is 0 Å². The zero-order valence-electron chi connectivity index (χ0n) is 15.7. The van der Waals surface area contributed by atoms with Crippen LogP contribution in [0.2, 0.25) is 0 Å². The van der Waals surface area contributed by atoms with E-state index < -0.39 is 21.8 Å². The van der Waals surface area contributed by atoms with Gasteiger partial charge in [0.05, 0.1) is 17.7 Å². The van der Waals surface area contributed by atoms with Gasteiger partial charge in [-0.05, 0) is 42.7 Å². The number of nitrogens with one attached hydrogen (secondary N) is 2. The maximum Gasteiger partial charge on any atom is 0.259 e. The van der Waals surface area contributed by atoms with Gasteiger partial charge in [-0.2, -0.15) is 9.41 Å². The Morgan fingerprint density at radius 2 is 1.66 bits per heavy atom. The van der Waals surface area contributed by atoms with Gasteiger partial charge in [0.25, 0.3) is 11.8 Å². The van der Waals surface area contributed by atoms with Crippen molar-refractivity contribution in [1.82, 2.24) is 15.0 Å². The van der Waals surface area contributed by atoms with Crippen molar-refractivity contribution in [2.75, 3.05) is 19.6 Å². The molecule has 0 bridgehead atoms. The Balaban J connectivity index is 1.50. The number of carbonyl (C=O) groups excluding carboxylic acids is 2. The smallest absolute Gasteiger partial charge is 0.259 e. The molecule has 29 heavy (non-hydrogen) atoms. The molecule has 0 saturated carbocycles. The van der Waals surface area contributed by atoms with Crippen molar-refractivity contribution < 1.29 is 18.0 Å². The summed E-state index contributed by atoms with van der Waals surface area (Å²) in [5.41, 5.74) is 3.43. The highest BCUT2D eigenvalue weighted by Crippen LogP contribution is 2.21. The van der Waals surface area contributed by atoms with Crippen molar-refractivity contribution >= 4 is 28.1 Å². The third-order valence-electron chi connectivity index (χ3n) is 4.43. The lowest BCUT2D eigenvalue weighted by molar-refractivity contribution is -0.120. The van der Waals surface area contributed by atoms with Crippen LogP contribution in [0.25, 0.3) is 0 Å². The van der Waals surface area contributed by atoms with Gasteiger partial charge in [0, 0.05) is 18.7 Å². The fourth-order valence-electron chi connectivity index (χ4n) is 2.88. The molecular formula is C20H22N4O4S. The number of rotatable bonds is 7. The molecule has 0 atom stereocenters. The minimum absolute atomic E-state index is 0.156. The largest absolute Gasteiger partial charge is 0.343 e. The second-order valence-electron chi connectivity index (χ2n) is 6.52. The molecule has 152 valence electrons. The lowest BCUT2D eigenvalue weighted by Gasteiger charge is -2.15. The quantitative estimate of drug-likeness (QED) is 0.527. The monoisotopic (exact) mass is 414 g/mol. The van der Waals surface area contributed by atoms with E-state index in [-0.39, 0.29) is 17.0 Å². The van der Waals surface area contributed by atoms with Gasteiger partial charge in [0.2, 0.25) is 10.0 Å². The van der Waals surface area contributed by atoms with Crippen molar-refractivity contribution in [2.24, 2.45) is 5.10 Å². The van der Waals surface area contributed by atoms with E-state index in [2.05, 4.69) is 15.8 Å². The molecule has 0 spiro atoms. The van der Waals surface area contributed by atoms with Crippen LogP contribution in [0, 0.1) is 0 Å². The average molecular weight is 414 g/mol. The van der Waals surface area contributed by atoms with E-state index in [4.69, 9.17) is 0 Å². The second kappa shape index (κ2) is 9.44. The third-order valence-corrected chi connectivity index (χ3v) is 6.34. The summed E-state index contributed by atoms with van der Waals surface area (Å²) in [5, 5.41) is 6.30. The summed E-state index contributed by atoms with van der Waals surface area (Å²) in [6.45, 7) is 0.789. The van der Waals surface area contributed by atoms with Gasteiger partial charge in [-0.15, -0.1) is 0 Å². The Kier molecular flexibility index (Phi) is 6.73. The van der Waals surface area contributed by atoms with Crippen molar-refractivity contribution in [3.63, 3.8) is 0 Å². The zero-order chi connectivity index (χ0) is 20.7. The van der Waals surface area contributed by atoms with Gasteiger partial charge in [-0.25, -0.2) is 13.8 Å². The van der Waals surface area contributed by atoms with E-state index in [1.54, 1.807) is 0 Å². The first-order chi connectivity index (χ1) is 14.0. The predicted octanol–water partition coefficient (Wildman–Crippen LogP) is 1.35. The average Bonchev–Trinajstić information content (AvgIpc) is 3.29. The maximum absolute atomic E-state index is 12.5. The van der Waals surface area contributed by atoms with Crippen LogP contribution in [-0.4, -0.2) is 50.4 Å². The van der Waals surface area contributed by atoms with Gasteiger partial charge < -0.3 is 5.32 Å². The van der Waals surface area contributed by atoms with Crippen molar-refractivity contribution in [1.29, 1.82) is 0 Å². The van der Waals surface area contributed by atoms with E-state index in [1.807, 2.05) is 30.3 Å². The molecule has 1 heterocycles. The Hall–Kier alpha value is -3.04. The Labute approximate surface area is 169 Å². The highest BCUT2D eigenvalue weighted by molar-refractivity contribution is 7.89. The second-order valence-corrected chi connectivity index (χ2v) is 8.46. The van der Waals surface area contributed by atoms with E-state index in [0.717, 1.165) is 18.4 Å². The first-order valence-corrected chi connectivity index (χ1v) is 10.7. The van der Waals surface area contributed by atoms with Crippen LogP contribution in [0.15, 0.2) is 64.6 Å². The fourth-order valence-corrected chi connectivity index (χ4v) is 4.39. The van der Waals surface area contributed by atoms with Crippen LogP contribution < -0.4 is 10.7 Å². The number of nitrogens with zero attached hydrogens (tertiary/aromatic N) is 2. The molecule has 2 amide bonds. The summed E-state index contributed by atoms with van der Waals surface area (Å²) in [6, 6.07) is 14.9. The van der Waals surface area contributed by atoms with Crippen molar-refractivity contribution in [3.05, 3.63) is 65.7 Å². The van der Waals surface area contributed by atoms with Crippen LogP contribution in [0.1, 0.15) is 28.8 Å². The molecule has 1 saturated heterocycles. The SMILES string of the molecule is O=C(CNC(=O)c1ccc(S(=O)(=O)N2CCCC2)cc1)N/N=C\c1ccccc1. The topological polar surface area (TPSA) is 108 Å². The number of hydrogen-bond donors (Lipinski definition) is 2. The molecular weight excluding hydrogens is 392 g/mol. The Morgan fingerprint density at radius 3 is 2.31 bits per heavy atom. The maximum atomic E-state index is 12.5. The number of hydrogen-bond acceptors (Lipinski definition) is 5. The minimum Gasteiger partial charge on any atom is -0.343 e. The Bertz CT molecular complexity index is 983. The molecule has 9 heteroatoms. The van der Waals surface area contributed by atoms with Crippen LogP contribution in [0.3, 0.4) is 0 Å². The van der Waals surface area contributed by atoms with Crippen LogP contribution in [-0.2, 0) is 14.8 Å². The summed E-state index contributed by atoms with van der Waals surface area (Å²) < 4.78 is 26.4. The fraction of sp³-hybridized carbons (Fsp3) is 0.250. The highest BCUT2D eigenvalue weighted by atomic mass is 32.2. The molecule has 1 aliphatic heterocycles. The third kappa shape index (κ3) is 5.49. The van der Waals surface area contributed by atoms with Crippen LogP contribution in [0.5, 0.6) is 0 Å². The standard InChI is InChI=1S/C20H22N4O4S/c25-19(23-22-14-16-6-2-1-3-7-16)15-21-20(26)17-8-10-18(11-9-17)29(27,28)24-12-4-5-13-24/h1-3,6-11,14H,4-5,12-13,15H2,(H,21,26)(H,23,25)/b22-14-. The molecule has 2 aromatic rings. The van der Waals surface area contributed by atoms with Crippen LogP contribution in [0.4, 0.5) is 0 Å². The molecule has 0 aliphatic carbocycles. The van der Waals surface area contributed by atoms with E-state index >= 15 is 0 Å². The first-order valence-electron chi connectivity index (χ1n) is 9.22. The predicted molar refractivity (Wildman–Crippen MR) is 109 cm³/mol. The van der Waals surface area contributed by atoms with Gasteiger partial charge in [0.1, 0.15) is 0 Å².